The van der Waals surface area contributed by atoms with Gasteiger partial charge in [-0.3, -0.25) is 4.79 Å². The lowest BCUT2D eigenvalue weighted by Crippen LogP contribution is -2.25. The number of rotatable bonds is 5. The SMILES string of the molecule is CN(C)c1ccc(C=Nn2c(-c3ccc4c(c3)NC(=O)CO4)csc2=Nc2ccc(F)cc2)cc1. The second-order valence-electron chi connectivity index (χ2n) is 8.08. The van der Waals surface area contributed by atoms with Crippen LogP contribution in [0.5, 0.6) is 5.75 Å². The summed E-state index contributed by atoms with van der Waals surface area (Å²) in [5.41, 5.74) is 4.88. The third-order valence-electron chi connectivity index (χ3n) is 5.38. The molecule has 0 atom stereocenters. The Morgan fingerprint density at radius 2 is 1.86 bits per heavy atom. The predicted octanol–water partition coefficient (Wildman–Crippen LogP) is 4.87. The quantitative estimate of drug-likeness (QED) is 0.409. The fourth-order valence-corrected chi connectivity index (χ4v) is 4.39. The van der Waals surface area contributed by atoms with E-state index in [0.717, 1.165) is 22.5 Å². The first-order valence-electron chi connectivity index (χ1n) is 10.9. The zero-order valence-electron chi connectivity index (χ0n) is 19.1. The van der Waals surface area contributed by atoms with Crippen LogP contribution in [-0.4, -0.2) is 37.5 Å². The summed E-state index contributed by atoms with van der Waals surface area (Å²) in [7, 11) is 3.98. The second-order valence-corrected chi connectivity index (χ2v) is 8.92. The van der Waals surface area contributed by atoms with E-state index in [4.69, 9.17) is 9.84 Å². The third-order valence-corrected chi connectivity index (χ3v) is 6.19. The highest BCUT2D eigenvalue weighted by molar-refractivity contribution is 7.07. The van der Waals surface area contributed by atoms with Gasteiger partial charge in [-0.15, -0.1) is 11.3 Å². The summed E-state index contributed by atoms with van der Waals surface area (Å²) < 4.78 is 20.6. The molecule has 0 bridgehead atoms. The number of carbonyl (C=O) groups excluding carboxylic acids is 1. The normalized spacial score (nSPS) is 13.5. The van der Waals surface area contributed by atoms with Crippen molar-refractivity contribution in [2.75, 3.05) is 30.9 Å². The summed E-state index contributed by atoms with van der Waals surface area (Å²) in [6, 6.07) is 19.6. The summed E-state index contributed by atoms with van der Waals surface area (Å²) in [4.78, 5) is 19.1. The van der Waals surface area contributed by atoms with E-state index in [1.807, 2.05) is 66.8 Å². The predicted molar refractivity (Wildman–Crippen MR) is 137 cm³/mol. The number of halogens is 1. The maximum absolute atomic E-state index is 13.4. The van der Waals surface area contributed by atoms with Crippen molar-refractivity contribution in [3.63, 3.8) is 0 Å². The van der Waals surface area contributed by atoms with E-state index in [1.165, 1.54) is 23.5 Å². The minimum absolute atomic E-state index is 0.00238. The van der Waals surface area contributed by atoms with E-state index in [2.05, 4.69) is 10.3 Å². The van der Waals surface area contributed by atoms with Gasteiger partial charge in [-0.25, -0.2) is 14.1 Å². The van der Waals surface area contributed by atoms with Gasteiger partial charge in [0.1, 0.15) is 11.6 Å². The van der Waals surface area contributed by atoms with Crippen molar-refractivity contribution in [1.82, 2.24) is 4.68 Å². The molecule has 0 fully saturated rings. The number of benzene rings is 3. The molecule has 1 aliphatic rings. The van der Waals surface area contributed by atoms with Gasteiger partial charge in [0.05, 0.1) is 23.3 Å². The lowest BCUT2D eigenvalue weighted by atomic mass is 10.1. The first-order valence-corrected chi connectivity index (χ1v) is 11.7. The van der Waals surface area contributed by atoms with Crippen molar-refractivity contribution >= 4 is 40.5 Å². The lowest BCUT2D eigenvalue weighted by Gasteiger charge is -2.18. The Hall–Kier alpha value is -4.24. The molecule has 1 aromatic heterocycles. The number of fused-ring (bicyclic) bond motifs is 1. The molecular formula is C26H22FN5O2S. The average Bonchev–Trinajstić information content (AvgIpc) is 3.26. The highest BCUT2D eigenvalue weighted by Crippen LogP contribution is 2.33. The summed E-state index contributed by atoms with van der Waals surface area (Å²) in [6.45, 7) is 0.00238. The van der Waals surface area contributed by atoms with Crippen LogP contribution in [0.3, 0.4) is 0 Å². The van der Waals surface area contributed by atoms with Crippen LogP contribution < -0.4 is 19.8 Å². The molecule has 3 aromatic carbocycles. The van der Waals surface area contributed by atoms with E-state index < -0.39 is 0 Å². The van der Waals surface area contributed by atoms with Gasteiger partial charge < -0.3 is 15.0 Å². The summed E-state index contributed by atoms with van der Waals surface area (Å²) in [5, 5.41) is 9.52. The monoisotopic (exact) mass is 487 g/mol. The molecule has 5 rings (SSSR count). The zero-order valence-corrected chi connectivity index (χ0v) is 19.9. The molecule has 0 saturated carbocycles. The Kier molecular flexibility index (Phi) is 6.15. The van der Waals surface area contributed by atoms with Gasteiger partial charge >= 0.3 is 0 Å². The van der Waals surface area contributed by atoms with Crippen LogP contribution in [0.15, 0.2) is 82.2 Å². The molecule has 176 valence electrons. The van der Waals surface area contributed by atoms with Crippen molar-refractivity contribution in [3.8, 4) is 17.0 Å². The standard InChI is InChI=1S/C26H22FN5O2S/c1-31(2)21-10-3-17(4-11-21)14-28-32-23(16-35-26(32)29-20-8-6-19(27)7-9-20)18-5-12-24-22(13-18)30-25(33)15-34-24/h3-14,16H,15H2,1-2H3,(H,30,33). The van der Waals surface area contributed by atoms with Crippen molar-refractivity contribution < 1.29 is 13.9 Å². The molecule has 1 N–H and O–H groups in total. The molecule has 9 heteroatoms. The summed E-state index contributed by atoms with van der Waals surface area (Å²) in [5.74, 6) is 0.107. The van der Waals surface area contributed by atoms with Gasteiger partial charge in [0.15, 0.2) is 6.61 Å². The van der Waals surface area contributed by atoms with Gasteiger partial charge in [-0.05, 0) is 60.2 Å². The Morgan fingerprint density at radius 1 is 1.09 bits per heavy atom. The van der Waals surface area contributed by atoms with Crippen LogP contribution in [-0.2, 0) is 4.79 Å². The molecular weight excluding hydrogens is 465 g/mol. The van der Waals surface area contributed by atoms with Crippen molar-refractivity contribution in [1.29, 1.82) is 0 Å². The number of ether oxygens (including phenoxy) is 1. The van der Waals surface area contributed by atoms with Gasteiger partial charge in [-0.1, -0.05) is 12.1 Å². The topological polar surface area (TPSA) is 71.2 Å². The number of hydrogen-bond donors (Lipinski definition) is 1. The highest BCUT2D eigenvalue weighted by atomic mass is 32.1. The first-order chi connectivity index (χ1) is 17.0. The van der Waals surface area contributed by atoms with E-state index in [0.29, 0.717) is 21.9 Å². The zero-order chi connectivity index (χ0) is 24.4. The molecule has 4 aromatic rings. The Balaban J connectivity index is 1.58. The summed E-state index contributed by atoms with van der Waals surface area (Å²) in [6.07, 6.45) is 1.77. The second kappa shape index (κ2) is 9.55. The molecule has 2 heterocycles. The van der Waals surface area contributed by atoms with E-state index in [-0.39, 0.29) is 18.3 Å². The maximum atomic E-state index is 13.4. The molecule has 0 spiro atoms. The van der Waals surface area contributed by atoms with Gasteiger partial charge in [-0.2, -0.15) is 5.10 Å². The molecule has 35 heavy (non-hydrogen) atoms. The van der Waals surface area contributed by atoms with Crippen LogP contribution in [0.4, 0.5) is 21.5 Å². The van der Waals surface area contributed by atoms with Crippen LogP contribution in [0, 0.1) is 5.82 Å². The Morgan fingerprint density at radius 3 is 2.60 bits per heavy atom. The lowest BCUT2D eigenvalue weighted by molar-refractivity contribution is -0.118. The number of hydrogen-bond acceptors (Lipinski definition) is 6. The Labute approximate surface area is 205 Å². The molecule has 0 saturated heterocycles. The number of aromatic nitrogens is 1. The Bertz CT molecular complexity index is 1470. The number of nitrogens with one attached hydrogen (secondary N) is 1. The minimum Gasteiger partial charge on any atom is -0.482 e. The van der Waals surface area contributed by atoms with E-state index in [9.17, 15) is 9.18 Å². The van der Waals surface area contributed by atoms with E-state index in [1.54, 1.807) is 23.0 Å². The minimum atomic E-state index is -0.318. The fourth-order valence-electron chi connectivity index (χ4n) is 3.54. The van der Waals surface area contributed by atoms with Crippen molar-refractivity contribution in [3.05, 3.63) is 88.3 Å². The molecule has 7 nitrogen and oxygen atoms in total. The smallest absolute Gasteiger partial charge is 0.262 e. The summed E-state index contributed by atoms with van der Waals surface area (Å²) >= 11 is 1.41. The van der Waals surface area contributed by atoms with Crippen molar-refractivity contribution in [2.24, 2.45) is 10.1 Å². The third kappa shape index (κ3) is 4.99. The number of anilines is 2. The van der Waals surface area contributed by atoms with Gasteiger partial charge in [0, 0.05) is 30.7 Å². The van der Waals surface area contributed by atoms with Crippen molar-refractivity contribution in [2.45, 2.75) is 0 Å². The van der Waals surface area contributed by atoms with Crippen LogP contribution in [0.25, 0.3) is 11.3 Å². The largest absolute Gasteiger partial charge is 0.482 e. The van der Waals surface area contributed by atoms with Crippen LogP contribution in [0.2, 0.25) is 0 Å². The number of amides is 1. The molecule has 0 unspecified atom stereocenters. The van der Waals surface area contributed by atoms with E-state index >= 15 is 0 Å². The maximum Gasteiger partial charge on any atom is 0.262 e. The first kappa shape index (κ1) is 22.5. The number of carbonyl (C=O) groups is 1. The van der Waals surface area contributed by atoms with Gasteiger partial charge in [0.2, 0.25) is 4.80 Å². The van der Waals surface area contributed by atoms with Gasteiger partial charge in [0.25, 0.3) is 5.91 Å². The highest BCUT2D eigenvalue weighted by Gasteiger charge is 2.18. The number of thiazole rings is 1. The molecule has 1 amide bonds. The molecule has 0 aliphatic carbocycles. The van der Waals surface area contributed by atoms with Crippen LogP contribution in [0.1, 0.15) is 5.56 Å². The van der Waals surface area contributed by atoms with Crippen LogP contribution >= 0.6 is 11.3 Å². The molecule has 1 aliphatic heterocycles. The average molecular weight is 488 g/mol. The number of nitrogens with zero attached hydrogens (tertiary/aromatic N) is 4. The molecule has 0 radical (unpaired) electrons. The fraction of sp³-hybridized carbons (Fsp3) is 0.115.